The van der Waals surface area contributed by atoms with E-state index in [2.05, 4.69) is 0 Å². The molecule has 5 nitrogen and oxygen atoms in total. The Morgan fingerprint density at radius 1 is 1.35 bits per heavy atom. The molecule has 98 valence electrons. The van der Waals surface area contributed by atoms with Crippen molar-refractivity contribution in [2.75, 3.05) is 19.7 Å². The smallest absolute Gasteiger partial charge is 0.303 e. The number of hydrogen-bond donors (Lipinski definition) is 1. The molecule has 5 heteroatoms. The Labute approximate surface area is 102 Å². The molecule has 0 bridgehead atoms. The lowest BCUT2D eigenvalue weighted by Crippen LogP contribution is -2.45. The second kappa shape index (κ2) is 7.27. The first-order valence-corrected chi connectivity index (χ1v) is 6.24. The quantitative estimate of drug-likeness (QED) is 0.713. The molecule has 1 rings (SSSR count). The van der Waals surface area contributed by atoms with Crippen molar-refractivity contribution in [1.29, 1.82) is 0 Å². The number of carbonyl (C=O) groups is 2. The molecule has 1 atom stereocenters. The molecule has 1 aliphatic heterocycles. The number of morpholine rings is 1. The van der Waals surface area contributed by atoms with Crippen LogP contribution in [0.5, 0.6) is 0 Å². The van der Waals surface area contributed by atoms with Crippen molar-refractivity contribution in [2.45, 2.75) is 45.1 Å². The summed E-state index contributed by atoms with van der Waals surface area (Å²) in [5.74, 6) is -0.674. The highest BCUT2D eigenvalue weighted by atomic mass is 16.5. The Hall–Kier alpha value is -1.10. The van der Waals surface area contributed by atoms with Gasteiger partial charge in [0.2, 0.25) is 5.91 Å². The molecule has 1 saturated heterocycles. The topological polar surface area (TPSA) is 66.8 Å². The number of unbranched alkanes of at least 4 members (excludes halogenated alkanes) is 1. The van der Waals surface area contributed by atoms with E-state index in [4.69, 9.17) is 9.84 Å². The van der Waals surface area contributed by atoms with E-state index in [9.17, 15) is 9.59 Å². The van der Waals surface area contributed by atoms with Gasteiger partial charge in [-0.25, -0.2) is 0 Å². The third-order valence-corrected chi connectivity index (χ3v) is 2.98. The van der Waals surface area contributed by atoms with Gasteiger partial charge in [-0.05, 0) is 19.3 Å². The summed E-state index contributed by atoms with van der Waals surface area (Å²) in [5.41, 5.74) is 0. The number of ether oxygens (including phenoxy) is 1. The molecule has 0 radical (unpaired) electrons. The third-order valence-electron chi connectivity index (χ3n) is 2.98. The maximum Gasteiger partial charge on any atom is 0.303 e. The first-order valence-electron chi connectivity index (χ1n) is 6.24. The van der Waals surface area contributed by atoms with Crippen LogP contribution in [0.4, 0.5) is 0 Å². The maximum atomic E-state index is 11.8. The Morgan fingerprint density at radius 3 is 2.71 bits per heavy atom. The number of aliphatic carboxylic acids is 1. The fourth-order valence-electron chi connectivity index (χ4n) is 1.90. The molecule has 0 aromatic heterocycles. The summed E-state index contributed by atoms with van der Waals surface area (Å²) in [7, 11) is 0. The Balaban J connectivity index is 2.20. The zero-order valence-electron chi connectivity index (χ0n) is 10.4. The first-order chi connectivity index (χ1) is 8.13. The van der Waals surface area contributed by atoms with E-state index >= 15 is 0 Å². The van der Waals surface area contributed by atoms with Gasteiger partial charge >= 0.3 is 5.97 Å². The fraction of sp³-hybridized carbons (Fsp3) is 0.833. The van der Waals surface area contributed by atoms with Crippen LogP contribution in [0.1, 0.15) is 39.0 Å². The van der Waals surface area contributed by atoms with E-state index < -0.39 is 5.97 Å². The maximum absolute atomic E-state index is 11.8. The van der Waals surface area contributed by atoms with Crippen LogP contribution in [0.25, 0.3) is 0 Å². The van der Waals surface area contributed by atoms with Crippen molar-refractivity contribution < 1.29 is 19.4 Å². The number of nitrogens with zero attached hydrogens (tertiary/aromatic N) is 1. The Bertz CT molecular complexity index is 267. The van der Waals surface area contributed by atoms with Crippen LogP contribution < -0.4 is 0 Å². The van der Waals surface area contributed by atoms with Crippen LogP contribution in [0.3, 0.4) is 0 Å². The van der Waals surface area contributed by atoms with Gasteiger partial charge < -0.3 is 14.7 Å². The molecule has 0 spiro atoms. The van der Waals surface area contributed by atoms with Gasteiger partial charge in [0.25, 0.3) is 0 Å². The van der Waals surface area contributed by atoms with Crippen LogP contribution in [-0.2, 0) is 14.3 Å². The predicted molar refractivity (Wildman–Crippen MR) is 62.7 cm³/mol. The van der Waals surface area contributed by atoms with Crippen LogP contribution in [0, 0.1) is 0 Å². The van der Waals surface area contributed by atoms with Gasteiger partial charge in [-0.3, -0.25) is 9.59 Å². The van der Waals surface area contributed by atoms with E-state index in [1.54, 1.807) is 0 Å². The summed E-state index contributed by atoms with van der Waals surface area (Å²) in [6.07, 6.45) is 2.90. The minimum Gasteiger partial charge on any atom is -0.481 e. The van der Waals surface area contributed by atoms with Crippen molar-refractivity contribution in [3.8, 4) is 0 Å². The number of hydrogen-bond acceptors (Lipinski definition) is 3. The highest BCUT2D eigenvalue weighted by Crippen LogP contribution is 2.11. The largest absolute Gasteiger partial charge is 0.481 e. The van der Waals surface area contributed by atoms with Crippen molar-refractivity contribution >= 4 is 11.9 Å². The zero-order valence-corrected chi connectivity index (χ0v) is 10.4. The number of amides is 1. The molecule has 1 unspecified atom stereocenters. The SMILES string of the molecule is CCC1CN(C(=O)CCCCC(=O)O)CCO1. The highest BCUT2D eigenvalue weighted by molar-refractivity contribution is 5.76. The number of carboxylic acid groups (broad SMARTS) is 1. The fourth-order valence-corrected chi connectivity index (χ4v) is 1.90. The predicted octanol–water partition coefficient (Wildman–Crippen LogP) is 1.27. The van der Waals surface area contributed by atoms with Gasteiger partial charge in [-0.1, -0.05) is 6.92 Å². The lowest BCUT2D eigenvalue weighted by molar-refractivity contribution is -0.140. The van der Waals surface area contributed by atoms with Crippen LogP contribution in [-0.4, -0.2) is 47.7 Å². The molecule has 1 amide bonds. The summed E-state index contributed by atoms with van der Waals surface area (Å²) in [6.45, 7) is 3.99. The second-order valence-corrected chi connectivity index (χ2v) is 4.34. The van der Waals surface area contributed by atoms with Crippen molar-refractivity contribution in [2.24, 2.45) is 0 Å². The normalized spacial score (nSPS) is 20.3. The van der Waals surface area contributed by atoms with Crippen LogP contribution in [0.15, 0.2) is 0 Å². The minimum absolute atomic E-state index is 0.122. The van der Waals surface area contributed by atoms with Gasteiger partial charge in [-0.2, -0.15) is 0 Å². The second-order valence-electron chi connectivity index (χ2n) is 4.34. The number of carboxylic acids is 1. The van der Waals surface area contributed by atoms with E-state index in [1.807, 2.05) is 11.8 Å². The van der Waals surface area contributed by atoms with E-state index in [-0.39, 0.29) is 18.4 Å². The van der Waals surface area contributed by atoms with E-state index in [1.165, 1.54) is 0 Å². The Kier molecular flexibility index (Phi) is 5.97. The summed E-state index contributed by atoms with van der Waals surface area (Å²) in [5, 5.41) is 8.48. The van der Waals surface area contributed by atoms with Crippen molar-refractivity contribution in [3.63, 3.8) is 0 Å². The highest BCUT2D eigenvalue weighted by Gasteiger charge is 2.22. The summed E-state index contributed by atoms with van der Waals surface area (Å²) >= 11 is 0. The molecular formula is C12H21NO4. The molecule has 17 heavy (non-hydrogen) atoms. The van der Waals surface area contributed by atoms with Gasteiger partial charge in [0.15, 0.2) is 0 Å². The van der Waals surface area contributed by atoms with Crippen LogP contribution in [0.2, 0.25) is 0 Å². The average Bonchev–Trinajstić information content (AvgIpc) is 2.34. The lowest BCUT2D eigenvalue weighted by Gasteiger charge is -2.32. The van der Waals surface area contributed by atoms with Gasteiger partial charge in [-0.15, -0.1) is 0 Å². The Morgan fingerprint density at radius 2 is 2.06 bits per heavy atom. The minimum atomic E-state index is -0.796. The van der Waals surface area contributed by atoms with Gasteiger partial charge in [0.05, 0.1) is 12.7 Å². The first kappa shape index (κ1) is 14.0. The molecule has 0 saturated carbocycles. The van der Waals surface area contributed by atoms with Gasteiger partial charge in [0, 0.05) is 25.9 Å². The van der Waals surface area contributed by atoms with Crippen molar-refractivity contribution in [3.05, 3.63) is 0 Å². The van der Waals surface area contributed by atoms with Gasteiger partial charge in [0.1, 0.15) is 0 Å². The molecular weight excluding hydrogens is 222 g/mol. The molecule has 1 aliphatic rings. The van der Waals surface area contributed by atoms with Crippen LogP contribution >= 0.6 is 0 Å². The van der Waals surface area contributed by atoms with Crippen molar-refractivity contribution in [1.82, 2.24) is 4.90 Å². The standard InChI is InChI=1S/C12H21NO4/c1-2-10-9-13(7-8-17-10)11(14)5-3-4-6-12(15)16/h10H,2-9H2,1H3,(H,15,16). The molecule has 1 N–H and O–H groups in total. The molecule has 0 aliphatic carbocycles. The number of carbonyl (C=O) groups excluding carboxylic acids is 1. The summed E-state index contributed by atoms with van der Waals surface area (Å²) < 4.78 is 5.49. The zero-order chi connectivity index (χ0) is 12.7. The number of rotatable bonds is 6. The molecule has 1 heterocycles. The third kappa shape index (κ3) is 5.17. The summed E-state index contributed by atoms with van der Waals surface area (Å²) in [6, 6.07) is 0. The molecule has 0 aromatic carbocycles. The van der Waals surface area contributed by atoms with E-state index in [0.717, 1.165) is 6.42 Å². The molecule has 1 fully saturated rings. The monoisotopic (exact) mass is 243 g/mol. The molecule has 0 aromatic rings. The average molecular weight is 243 g/mol. The lowest BCUT2D eigenvalue weighted by atomic mass is 10.1. The summed E-state index contributed by atoms with van der Waals surface area (Å²) in [4.78, 5) is 24.0. The van der Waals surface area contributed by atoms with E-state index in [0.29, 0.717) is 39.0 Å².